The second-order valence-corrected chi connectivity index (χ2v) is 8.78. The number of nitrogens with zero attached hydrogens (tertiary/aromatic N) is 4. The van der Waals surface area contributed by atoms with E-state index in [9.17, 15) is 9.59 Å². The van der Waals surface area contributed by atoms with Gasteiger partial charge in [-0.1, -0.05) is 12.1 Å². The van der Waals surface area contributed by atoms with Crippen molar-refractivity contribution in [3.8, 4) is 17.5 Å². The summed E-state index contributed by atoms with van der Waals surface area (Å²) < 4.78 is 5.90. The zero-order valence-electron chi connectivity index (χ0n) is 19.0. The number of benzene rings is 2. The topological polar surface area (TPSA) is 138 Å². The van der Waals surface area contributed by atoms with Crippen LogP contribution in [0.5, 0.6) is 0 Å². The number of aromatic amines is 1. The molecule has 5 rings (SSSR count). The van der Waals surface area contributed by atoms with Gasteiger partial charge in [0.2, 0.25) is 17.7 Å². The molecule has 4 aromatic rings. The number of nitriles is 1. The molecule has 0 aliphatic heterocycles. The molecule has 0 radical (unpaired) electrons. The molecular weight excluding hydrogens is 444 g/mol. The van der Waals surface area contributed by atoms with E-state index >= 15 is 0 Å². The second-order valence-electron chi connectivity index (χ2n) is 8.78. The van der Waals surface area contributed by atoms with E-state index in [1.807, 2.05) is 6.07 Å². The Labute approximate surface area is 201 Å². The molecular formula is C26H24N6O3. The van der Waals surface area contributed by atoms with Crippen LogP contribution in [0.2, 0.25) is 0 Å². The van der Waals surface area contributed by atoms with E-state index < -0.39 is 0 Å². The summed E-state index contributed by atoms with van der Waals surface area (Å²) in [5.41, 5.74) is 1.81. The Balaban J connectivity index is 1.11. The molecule has 0 unspecified atom stereocenters. The van der Waals surface area contributed by atoms with E-state index in [2.05, 4.69) is 31.6 Å². The average molecular weight is 469 g/mol. The van der Waals surface area contributed by atoms with Gasteiger partial charge in [0, 0.05) is 30.4 Å². The highest BCUT2D eigenvalue weighted by atomic mass is 16.4. The molecule has 0 atom stereocenters. The lowest BCUT2D eigenvalue weighted by molar-refractivity contribution is -0.122. The van der Waals surface area contributed by atoms with Crippen LogP contribution in [-0.4, -0.2) is 32.1 Å². The number of para-hydroxylation sites is 1. The second kappa shape index (κ2) is 9.89. The molecule has 1 aliphatic rings. The van der Waals surface area contributed by atoms with E-state index in [0.29, 0.717) is 40.5 Å². The predicted molar refractivity (Wildman–Crippen MR) is 128 cm³/mol. The Morgan fingerprint density at radius 1 is 1.09 bits per heavy atom. The van der Waals surface area contributed by atoms with E-state index in [1.54, 1.807) is 42.5 Å². The molecule has 0 spiro atoms. The minimum atomic E-state index is -0.187. The molecule has 0 saturated heterocycles. The molecule has 1 aliphatic carbocycles. The SMILES string of the molecule is N#Cc1ccc(-c2nnc(C3CCC(NC(=O)CCc4nc5ccccc5c(=O)[nH]4)CC3)o2)cc1. The zero-order valence-corrected chi connectivity index (χ0v) is 19.0. The summed E-state index contributed by atoms with van der Waals surface area (Å²) in [6.07, 6.45) is 3.99. The monoisotopic (exact) mass is 468 g/mol. The van der Waals surface area contributed by atoms with Crippen LogP contribution in [0.15, 0.2) is 57.7 Å². The lowest BCUT2D eigenvalue weighted by Gasteiger charge is -2.27. The van der Waals surface area contributed by atoms with Gasteiger partial charge in [0.05, 0.1) is 22.5 Å². The van der Waals surface area contributed by atoms with Gasteiger partial charge in [0.15, 0.2) is 0 Å². The molecule has 1 fully saturated rings. The fourth-order valence-corrected chi connectivity index (χ4v) is 4.47. The molecule has 2 aromatic heterocycles. The van der Waals surface area contributed by atoms with Gasteiger partial charge < -0.3 is 14.7 Å². The first-order valence-corrected chi connectivity index (χ1v) is 11.7. The van der Waals surface area contributed by atoms with Crippen molar-refractivity contribution in [2.24, 2.45) is 0 Å². The predicted octanol–water partition coefficient (Wildman–Crippen LogP) is 3.62. The summed E-state index contributed by atoms with van der Waals surface area (Å²) in [7, 11) is 0. The van der Waals surface area contributed by atoms with Gasteiger partial charge in [-0.2, -0.15) is 5.26 Å². The first-order valence-electron chi connectivity index (χ1n) is 11.7. The molecule has 9 heteroatoms. The summed E-state index contributed by atoms with van der Waals surface area (Å²) in [4.78, 5) is 31.9. The highest BCUT2D eigenvalue weighted by molar-refractivity contribution is 5.78. The van der Waals surface area contributed by atoms with Gasteiger partial charge in [-0.05, 0) is 62.1 Å². The summed E-state index contributed by atoms with van der Waals surface area (Å²) in [5, 5.41) is 21.0. The van der Waals surface area contributed by atoms with Crippen molar-refractivity contribution in [3.63, 3.8) is 0 Å². The van der Waals surface area contributed by atoms with Crippen molar-refractivity contribution in [2.45, 2.75) is 50.5 Å². The van der Waals surface area contributed by atoms with Gasteiger partial charge in [0.1, 0.15) is 5.82 Å². The van der Waals surface area contributed by atoms with E-state index in [-0.39, 0.29) is 29.8 Å². The summed E-state index contributed by atoms with van der Waals surface area (Å²) >= 11 is 0. The molecule has 2 N–H and O–H groups in total. The van der Waals surface area contributed by atoms with Crippen LogP contribution < -0.4 is 10.9 Å². The van der Waals surface area contributed by atoms with E-state index in [1.165, 1.54) is 0 Å². The molecule has 2 heterocycles. The number of rotatable bonds is 6. The van der Waals surface area contributed by atoms with Crippen LogP contribution in [0.3, 0.4) is 0 Å². The number of nitrogens with one attached hydrogen (secondary N) is 2. The summed E-state index contributed by atoms with van der Waals surface area (Å²) in [6, 6.07) is 16.4. The van der Waals surface area contributed by atoms with Crippen molar-refractivity contribution in [2.75, 3.05) is 0 Å². The standard InChI is InChI=1S/C26H24N6O3/c27-15-16-5-7-17(8-6-16)25-31-32-26(35-25)18-9-11-19(12-10-18)28-23(33)14-13-22-29-21-4-2-1-3-20(21)24(34)30-22/h1-8,18-19H,9-14H2,(H,28,33)(H,29,30,34). The highest BCUT2D eigenvalue weighted by Gasteiger charge is 2.27. The number of hydrogen-bond acceptors (Lipinski definition) is 7. The number of H-pyrrole nitrogens is 1. The molecule has 0 bridgehead atoms. The van der Waals surface area contributed by atoms with Crippen molar-refractivity contribution in [3.05, 3.63) is 76.2 Å². The van der Waals surface area contributed by atoms with Crippen molar-refractivity contribution >= 4 is 16.8 Å². The normalized spacial score (nSPS) is 17.7. The van der Waals surface area contributed by atoms with E-state index in [0.717, 1.165) is 31.2 Å². The maximum absolute atomic E-state index is 12.5. The van der Waals surface area contributed by atoms with Crippen LogP contribution in [0.4, 0.5) is 0 Å². The van der Waals surface area contributed by atoms with Gasteiger partial charge in [-0.25, -0.2) is 4.98 Å². The minimum Gasteiger partial charge on any atom is -0.420 e. The van der Waals surface area contributed by atoms with Crippen LogP contribution in [-0.2, 0) is 11.2 Å². The molecule has 2 aromatic carbocycles. The average Bonchev–Trinajstić information content (AvgIpc) is 3.38. The lowest BCUT2D eigenvalue weighted by Crippen LogP contribution is -2.37. The van der Waals surface area contributed by atoms with Crippen molar-refractivity contribution in [1.82, 2.24) is 25.5 Å². The number of amides is 1. The Morgan fingerprint density at radius 2 is 1.86 bits per heavy atom. The third-order valence-corrected chi connectivity index (χ3v) is 6.39. The first kappa shape index (κ1) is 22.5. The van der Waals surface area contributed by atoms with Gasteiger partial charge in [-0.3, -0.25) is 9.59 Å². The minimum absolute atomic E-state index is 0.0508. The highest BCUT2D eigenvalue weighted by Crippen LogP contribution is 2.33. The maximum Gasteiger partial charge on any atom is 0.258 e. The quantitative estimate of drug-likeness (QED) is 0.441. The third kappa shape index (κ3) is 5.11. The van der Waals surface area contributed by atoms with Crippen LogP contribution in [0.25, 0.3) is 22.4 Å². The van der Waals surface area contributed by atoms with Gasteiger partial charge in [-0.15, -0.1) is 10.2 Å². The maximum atomic E-state index is 12.5. The largest absolute Gasteiger partial charge is 0.420 e. The number of carbonyl (C=O) groups excluding carboxylic acids is 1. The first-order chi connectivity index (χ1) is 17.1. The number of fused-ring (bicyclic) bond motifs is 1. The summed E-state index contributed by atoms with van der Waals surface area (Å²) in [6.45, 7) is 0. The van der Waals surface area contributed by atoms with Crippen LogP contribution in [0, 0.1) is 11.3 Å². The number of hydrogen-bond donors (Lipinski definition) is 2. The van der Waals surface area contributed by atoms with E-state index in [4.69, 9.17) is 9.68 Å². The van der Waals surface area contributed by atoms with Gasteiger partial charge >= 0.3 is 0 Å². The fraction of sp³-hybridized carbons (Fsp3) is 0.308. The van der Waals surface area contributed by atoms with Crippen molar-refractivity contribution in [1.29, 1.82) is 5.26 Å². The third-order valence-electron chi connectivity index (χ3n) is 6.39. The summed E-state index contributed by atoms with van der Waals surface area (Å²) in [5.74, 6) is 1.68. The van der Waals surface area contributed by atoms with Crippen LogP contribution in [0.1, 0.15) is 55.3 Å². The fourth-order valence-electron chi connectivity index (χ4n) is 4.47. The Bertz CT molecular complexity index is 1440. The molecule has 35 heavy (non-hydrogen) atoms. The zero-order chi connectivity index (χ0) is 24.2. The van der Waals surface area contributed by atoms with Crippen molar-refractivity contribution < 1.29 is 9.21 Å². The molecule has 1 amide bonds. The Morgan fingerprint density at radius 3 is 2.63 bits per heavy atom. The number of carbonyl (C=O) groups is 1. The Kier molecular flexibility index (Phi) is 6.35. The molecule has 1 saturated carbocycles. The number of aryl methyl sites for hydroxylation is 1. The lowest BCUT2D eigenvalue weighted by atomic mass is 9.86. The molecule has 9 nitrogen and oxygen atoms in total. The van der Waals surface area contributed by atoms with Crippen LogP contribution >= 0.6 is 0 Å². The molecule has 176 valence electrons. The smallest absolute Gasteiger partial charge is 0.258 e. The number of aromatic nitrogens is 4. The van der Waals surface area contributed by atoms with Gasteiger partial charge in [0.25, 0.3) is 5.56 Å². The Hall–Kier alpha value is -4.32.